The Bertz CT molecular complexity index is 1460. The number of fused-ring (bicyclic) bond motifs is 1. The molecule has 2 unspecified atom stereocenters. The number of benzene rings is 2. The molecule has 3 aliphatic heterocycles. The molecule has 0 radical (unpaired) electrons. The van der Waals surface area contributed by atoms with Crippen molar-refractivity contribution in [1.82, 2.24) is 9.80 Å². The molecule has 3 fully saturated rings. The first-order valence-corrected chi connectivity index (χ1v) is 16.7. The number of ether oxygens (including phenoxy) is 1. The second-order valence-corrected chi connectivity index (χ2v) is 13.4. The van der Waals surface area contributed by atoms with Crippen LogP contribution in [0.1, 0.15) is 62.1 Å². The van der Waals surface area contributed by atoms with Crippen molar-refractivity contribution in [3.8, 4) is 0 Å². The van der Waals surface area contributed by atoms with Gasteiger partial charge in [-0.15, -0.1) is 13.2 Å². The molecular formula is C38H49N3O5. The van der Waals surface area contributed by atoms with Crippen LogP contribution in [0.2, 0.25) is 0 Å². The van der Waals surface area contributed by atoms with Gasteiger partial charge in [0.05, 0.1) is 17.4 Å². The molecule has 46 heavy (non-hydrogen) atoms. The Morgan fingerprint density at radius 2 is 1.72 bits per heavy atom. The molecule has 2 aromatic rings. The molecule has 8 nitrogen and oxygen atoms in total. The first-order chi connectivity index (χ1) is 22.1. The number of unbranched alkanes of at least 4 members (excludes halogenated alkanes) is 3. The van der Waals surface area contributed by atoms with E-state index < -0.39 is 29.1 Å². The van der Waals surface area contributed by atoms with Crippen LogP contribution in [0, 0.1) is 25.7 Å². The third kappa shape index (κ3) is 6.05. The fourth-order valence-corrected chi connectivity index (χ4v) is 8.05. The normalized spacial score (nSPS) is 26.2. The second-order valence-electron chi connectivity index (χ2n) is 13.4. The summed E-state index contributed by atoms with van der Waals surface area (Å²) < 4.78 is 6.94. The SMILES string of the molecule is C=CCN(Cc1ccccc1)C(=O)[C@@H]1[C@H]2C(=O)N(CCCCCCO)C(C(=O)N(CC=C)c3cc(C)ccc3C)C23CC[C@@]1(C)O3. The van der Waals surface area contributed by atoms with Crippen LogP contribution in [-0.4, -0.2) is 76.1 Å². The molecule has 0 aromatic heterocycles. The number of aryl methyl sites for hydroxylation is 2. The number of carbonyl (C=O) groups excluding carboxylic acids is 3. The molecule has 3 amide bonds. The van der Waals surface area contributed by atoms with Crippen molar-refractivity contribution in [1.29, 1.82) is 0 Å². The average molecular weight is 628 g/mol. The van der Waals surface area contributed by atoms with Gasteiger partial charge in [-0.05, 0) is 69.2 Å². The highest BCUT2D eigenvalue weighted by Gasteiger charge is 2.78. The Morgan fingerprint density at radius 3 is 2.41 bits per heavy atom. The van der Waals surface area contributed by atoms with Crippen molar-refractivity contribution in [2.75, 3.05) is 31.1 Å². The largest absolute Gasteiger partial charge is 0.396 e. The van der Waals surface area contributed by atoms with Gasteiger partial charge >= 0.3 is 0 Å². The molecule has 0 saturated carbocycles. The van der Waals surface area contributed by atoms with Crippen molar-refractivity contribution in [3.05, 3.63) is 90.5 Å². The van der Waals surface area contributed by atoms with Crippen LogP contribution in [0.15, 0.2) is 73.8 Å². The summed E-state index contributed by atoms with van der Waals surface area (Å²) in [7, 11) is 0. The highest BCUT2D eigenvalue weighted by atomic mass is 16.5. The number of aliphatic hydroxyl groups excluding tert-OH is 1. The van der Waals surface area contributed by atoms with E-state index in [1.54, 1.807) is 26.9 Å². The number of anilines is 1. The summed E-state index contributed by atoms with van der Waals surface area (Å²) in [6, 6.07) is 15.0. The van der Waals surface area contributed by atoms with Crippen molar-refractivity contribution < 1.29 is 24.2 Å². The lowest BCUT2D eigenvalue weighted by molar-refractivity contribution is -0.150. The minimum atomic E-state index is -1.11. The standard InChI is InChI=1S/C38H49N3O5/c1-6-21-39(26-29-15-11-10-12-16-29)34(43)31-32-35(44)41(23-13-8-9-14-24-42)33(38(32)20-19-37(31,5)46-38)36(45)40(22-7-2)30-25-27(3)17-18-28(30)4/h6-7,10-12,15-18,25,31-33,42H,1-2,8-9,13-14,19-24,26H2,3-5H3/t31-,32-,33?,37+,38?/m0/s1. The topological polar surface area (TPSA) is 90.4 Å². The zero-order valence-corrected chi connectivity index (χ0v) is 27.6. The maximum atomic E-state index is 14.9. The highest BCUT2D eigenvalue weighted by Crippen LogP contribution is 2.63. The van der Waals surface area contributed by atoms with Gasteiger partial charge in [-0.25, -0.2) is 0 Å². The Hall–Kier alpha value is -3.75. The molecule has 5 rings (SSSR count). The van der Waals surface area contributed by atoms with Crippen LogP contribution in [-0.2, 0) is 25.7 Å². The van der Waals surface area contributed by atoms with Gasteiger partial charge < -0.3 is 24.5 Å². The van der Waals surface area contributed by atoms with Gasteiger partial charge in [0.2, 0.25) is 11.8 Å². The molecule has 2 aromatic carbocycles. The van der Waals surface area contributed by atoms with Gasteiger partial charge in [0.1, 0.15) is 11.6 Å². The van der Waals surface area contributed by atoms with Crippen molar-refractivity contribution in [2.24, 2.45) is 11.8 Å². The molecule has 1 spiro atoms. The number of aliphatic hydroxyl groups is 1. The molecule has 2 bridgehead atoms. The van der Waals surface area contributed by atoms with Crippen molar-refractivity contribution in [3.63, 3.8) is 0 Å². The molecule has 246 valence electrons. The minimum absolute atomic E-state index is 0.127. The third-order valence-electron chi connectivity index (χ3n) is 10.2. The summed E-state index contributed by atoms with van der Waals surface area (Å²) in [5.74, 6) is -2.01. The maximum Gasteiger partial charge on any atom is 0.253 e. The smallest absolute Gasteiger partial charge is 0.253 e. The average Bonchev–Trinajstić information content (AvgIpc) is 3.61. The number of rotatable bonds is 15. The predicted molar refractivity (Wildman–Crippen MR) is 180 cm³/mol. The van der Waals surface area contributed by atoms with E-state index in [-0.39, 0.29) is 30.9 Å². The number of likely N-dealkylation sites (tertiary alicyclic amines) is 1. The van der Waals surface area contributed by atoms with Crippen LogP contribution < -0.4 is 4.90 Å². The summed E-state index contributed by atoms with van der Waals surface area (Å²) in [5, 5.41) is 9.28. The van der Waals surface area contributed by atoms with E-state index in [1.165, 1.54) is 0 Å². The van der Waals surface area contributed by atoms with Crippen molar-refractivity contribution >= 4 is 23.4 Å². The predicted octanol–water partition coefficient (Wildman–Crippen LogP) is 5.35. The Morgan fingerprint density at radius 1 is 1.00 bits per heavy atom. The van der Waals surface area contributed by atoms with Crippen LogP contribution in [0.5, 0.6) is 0 Å². The minimum Gasteiger partial charge on any atom is -0.396 e. The number of hydrogen-bond acceptors (Lipinski definition) is 5. The number of amides is 3. The quantitative estimate of drug-likeness (QED) is 0.212. The van der Waals surface area contributed by atoms with Gasteiger partial charge in [0.25, 0.3) is 5.91 Å². The third-order valence-corrected chi connectivity index (χ3v) is 10.2. The lowest BCUT2D eigenvalue weighted by atomic mass is 9.66. The molecule has 3 saturated heterocycles. The molecular weight excluding hydrogens is 578 g/mol. The van der Waals surface area contributed by atoms with Gasteiger partial charge in [0, 0.05) is 38.5 Å². The summed E-state index contributed by atoms with van der Waals surface area (Å²) in [5.41, 5.74) is 1.77. The lowest BCUT2D eigenvalue weighted by Crippen LogP contribution is -2.56. The highest BCUT2D eigenvalue weighted by molar-refractivity contribution is 6.05. The van der Waals surface area contributed by atoms with Gasteiger partial charge in [-0.1, -0.05) is 67.5 Å². The van der Waals surface area contributed by atoms with Crippen LogP contribution in [0.4, 0.5) is 5.69 Å². The van der Waals surface area contributed by atoms with Crippen LogP contribution in [0.3, 0.4) is 0 Å². The Kier molecular flexibility index (Phi) is 10.2. The molecule has 3 heterocycles. The summed E-state index contributed by atoms with van der Waals surface area (Å²) in [6.07, 6.45) is 7.57. The summed E-state index contributed by atoms with van der Waals surface area (Å²) >= 11 is 0. The van der Waals surface area contributed by atoms with E-state index in [2.05, 4.69) is 13.2 Å². The fourth-order valence-electron chi connectivity index (χ4n) is 8.05. The maximum absolute atomic E-state index is 14.9. The van der Waals surface area contributed by atoms with E-state index in [9.17, 15) is 19.5 Å². The molecule has 8 heteroatoms. The first-order valence-electron chi connectivity index (χ1n) is 16.7. The zero-order chi connectivity index (χ0) is 33.1. The van der Waals surface area contributed by atoms with Gasteiger partial charge in [0.15, 0.2) is 0 Å². The molecule has 5 atom stereocenters. The van der Waals surface area contributed by atoms with Crippen LogP contribution >= 0.6 is 0 Å². The van der Waals surface area contributed by atoms with Crippen molar-refractivity contribution in [2.45, 2.75) is 83.1 Å². The molecule has 3 aliphatic rings. The summed E-state index contributed by atoms with van der Waals surface area (Å²) in [6.45, 7) is 15.3. The van der Waals surface area contributed by atoms with Gasteiger partial charge in [-0.2, -0.15) is 0 Å². The fraction of sp³-hybridized carbons (Fsp3) is 0.500. The second kappa shape index (κ2) is 13.9. The molecule has 1 N–H and O–H groups in total. The Labute approximate surface area is 273 Å². The van der Waals surface area contributed by atoms with Crippen LogP contribution in [0.25, 0.3) is 0 Å². The molecule has 0 aliphatic carbocycles. The van der Waals surface area contributed by atoms with E-state index in [0.29, 0.717) is 45.3 Å². The van der Waals surface area contributed by atoms with E-state index >= 15 is 0 Å². The number of nitrogens with zero attached hydrogens (tertiary/aromatic N) is 3. The number of carbonyl (C=O) groups is 3. The van der Waals surface area contributed by atoms with Gasteiger partial charge in [-0.3, -0.25) is 14.4 Å². The lowest BCUT2D eigenvalue weighted by Gasteiger charge is -2.37. The number of hydrogen-bond donors (Lipinski definition) is 1. The van der Waals surface area contributed by atoms with E-state index in [4.69, 9.17) is 4.74 Å². The monoisotopic (exact) mass is 627 g/mol. The zero-order valence-electron chi connectivity index (χ0n) is 27.6. The first kappa shape index (κ1) is 33.6. The van der Waals surface area contributed by atoms with E-state index in [1.807, 2.05) is 69.3 Å². The van der Waals surface area contributed by atoms with E-state index in [0.717, 1.165) is 35.2 Å². The Balaban J connectivity index is 1.55. The summed E-state index contributed by atoms with van der Waals surface area (Å²) in [4.78, 5) is 49.4.